The number of hydrogen-bond donors (Lipinski definition) is 0. The van der Waals surface area contributed by atoms with E-state index < -0.39 is 0 Å². The van der Waals surface area contributed by atoms with Gasteiger partial charge in [-0.2, -0.15) is 0 Å². The van der Waals surface area contributed by atoms with E-state index in [-0.39, 0.29) is 11.8 Å². The van der Waals surface area contributed by atoms with E-state index in [1.165, 1.54) is 28.0 Å². The maximum absolute atomic E-state index is 13.4. The molecule has 2 heterocycles. The van der Waals surface area contributed by atoms with Crippen molar-refractivity contribution in [3.05, 3.63) is 87.5 Å². The van der Waals surface area contributed by atoms with Gasteiger partial charge in [0.05, 0.1) is 16.2 Å². The molecule has 0 fully saturated rings. The van der Waals surface area contributed by atoms with Crippen LogP contribution in [0, 0.1) is 0 Å². The van der Waals surface area contributed by atoms with Gasteiger partial charge in [-0.05, 0) is 55.1 Å². The molecular formula is C25H24N2O2S2. The Morgan fingerprint density at radius 2 is 1.58 bits per heavy atom. The first-order chi connectivity index (χ1) is 15.1. The third-order valence-electron chi connectivity index (χ3n) is 5.27. The fourth-order valence-corrected chi connectivity index (χ4v) is 5.54. The van der Waals surface area contributed by atoms with E-state index in [2.05, 4.69) is 18.7 Å². The number of benzene rings is 2. The number of carbonyl (C=O) groups excluding carboxylic acids is 2. The lowest BCUT2D eigenvalue weighted by molar-refractivity contribution is -0.119. The fraction of sp³-hybridized carbons (Fsp3) is 0.200. The molecule has 3 aromatic rings. The van der Waals surface area contributed by atoms with E-state index in [0.717, 1.165) is 29.2 Å². The van der Waals surface area contributed by atoms with Gasteiger partial charge in [-0.15, -0.1) is 23.1 Å². The van der Waals surface area contributed by atoms with E-state index in [4.69, 9.17) is 0 Å². The predicted molar refractivity (Wildman–Crippen MR) is 131 cm³/mol. The average molecular weight is 449 g/mol. The van der Waals surface area contributed by atoms with Crippen LogP contribution in [0.15, 0.2) is 77.0 Å². The maximum Gasteiger partial charge on any atom is 0.272 e. The second-order valence-corrected chi connectivity index (χ2v) is 9.02. The normalized spacial score (nSPS) is 13.9. The summed E-state index contributed by atoms with van der Waals surface area (Å²) in [6, 6.07) is 21.5. The molecule has 0 saturated heterocycles. The maximum atomic E-state index is 13.4. The molecule has 2 aromatic carbocycles. The molecular weight excluding hydrogens is 424 g/mol. The first-order valence-electron chi connectivity index (χ1n) is 10.3. The minimum absolute atomic E-state index is 0.245. The Hall–Kier alpha value is -2.83. The summed E-state index contributed by atoms with van der Waals surface area (Å²) in [6.07, 6.45) is 0. The second-order valence-electron chi connectivity index (χ2n) is 7.09. The number of rotatable bonds is 8. The van der Waals surface area contributed by atoms with Gasteiger partial charge >= 0.3 is 0 Å². The molecule has 0 N–H and O–H groups in total. The molecule has 158 valence electrons. The van der Waals surface area contributed by atoms with Crippen molar-refractivity contribution in [3.8, 4) is 0 Å². The topological polar surface area (TPSA) is 40.6 Å². The Balaban J connectivity index is 1.65. The third-order valence-corrected chi connectivity index (χ3v) is 7.30. The predicted octanol–water partition coefficient (Wildman–Crippen LogP) is 5.81. The SMILES string of the molecule is CCN(CC)c1ccc(N2C(=O)C(SCc3ccccc3)=C(c3cccs3)C2=O)cc1. The van der Waals surface area contributed by atoms with Gasteiger partial charge in [-0.25, -0.2) is 4.90 Å². The van der Waals surface area contributed by atoms with Crippen molar-refractivity contribution in [3.63, 3.8) is 0 Å². The zero-order valence-electron chi connectivity index (χ0n) is 17.6. The molecule has 31 heavy (non-hydrogen) atoms. The molecule has 0 spiro atoms. The summed E-state index contributed by atoms with van der Waals surface area (Å²) in [5.41, 5.74) is 3.31. The van der Waals surface area contributed by atoms with E-state index >= 15 is 0 Å². The van der Waals surface area contributed by atoms with Gasteiger partial charge in [0.2, 0.25) is 0 Å². The van der Waals surface area contributed by atoms with Gasteiger partial charge in [-0.3, -0.25) is 9.59 Å². The summed E-state index contributed by atoms with van der Waals surface area (Å²) in [4.78, 5) is 31.7. The van der Waals surface area contributed by atoms with E-state index in [1.54, 1.807) is 0 Å². The van der Waals surface area contributed by atoms with E-state index in [9.17, 15) is 9.59 Å². The number of thiophene rings is 1. The number of hydrogen-bond acceptors (Lipinski definition) is 5. The number of carbonyl (C=O) groups is 2. The van der Waals surface area contributed by atoms with Gasteiger partial charge in [0.15, 0.2) is 0 Å². The largest absolute Gasteiger partial charge is 0.372 e. The Morgan fingerprint density at radius 1 is 0.871 bits per heavy atom. The Morgan fingerprint density at radius 3 is 2.19 bits per heavy atom. The molecule has 0 radical (unpaired) electrons. The van der Waals surface area contributed by atoms with Crippen LogP contribution in [-0.4, -0.2) is 24.9 Å². The summed E-state index contributed by atoms with van der Waals surface area (Å²) < 4.78 is 0. The van der Waals surface area contributed by atoms with Crippen LogP contribution < -0.4 is 9.80 Å². The van der Waals surface area contributed by atoms with Gasteiger partial charge < -0.3 is 4.90 Å². The van der Waals surface area contributed by atoms with Crippen molar-refractivity contribution in [2.45, 2.75) is 19.6 Å². The molecule has 0 unspecified atom stereocenters. The van der Waals surface area contributed by atoms with Crippen LogP contribution >= 0.6 is 23.1 Å². The van der Waals surface area contributed by atoms with Gasteiger partial charge in [0, 0.05) is 29.4 Å². The van der Waals surface area contributed by atoms with Crippen LogP contribution in [-0.2, 0) is 15.3 Å². The monoisotopic (exact) mass is 448 g/mol. The summed E-state index contributed by atoms with van der Waals surface area (Å²) in [7, 11) is 0. The summed E-state index contributed by atoms with van der Waals surface area (Å²) >= 11 is 2.92. The molecule has 4 rings (SSSR count). The molecule has 1 aliphatic rings. The van der Waals surface area contributed by atoms with Crippen LogP contribution in [0.25, 0.3) is 5.57 Å². The van der Waals surface area contributed by atoms with Crippen molar-refractivity contribution in [2.24, 2.45) is 0 Å². The van der Waals surface area contributed by atoms with Gasteiger partial charge in [0.1, 0.15) is 0 Å². The first-order valence-corrected chi connectivity index (χ1v) is 12.2. The van der Waals surface area contributed by atoms with Crippen LogP contribution in [0.3, 0.4) is 0 Å². The lowest BCUT2D eigenvalue weighted by atomic mass is 10.2. The summed E-state index contributed by atoms with van der Waals surface area (Å²) in [5, 5.41) is 1.93. The number of anilines is 2. The smallest absolute Gasteiger partial charge is 0.272 e. The van der Waals surface area contributed by atoms with Gasteiger partial charge in [-0.1, -0.05) is 36.4 Å². The van der Waals surface area contributed by atoms with Crippen LogP contribution in [0.4, 0.5) is 11.4 Å². The number of thioether (sulfide) groups is 1. The lowest BCUT2D eigenvalue weighted by Gasteiger charge is -2.22. The molecule has 4 nitrogen and oxygen atoms in total. The molecule has 2 amide bonds. The van der Waals surface area contributed by atoms with Crippen LogP contribution in [0.5, 0.6) is 0 Å². The highest BCUT2D eigenvalue weighted by Gasteiger charge is 2.40. The summed E-state index contributed by atoms with van der Waals surface area (Å²) in [6.45, 7) is 6.03. The number of nitrogens with zero attached hydrogens (tertiary/aromatic N) is 2. The van der Waals surface area contributed by atoms with Crippen molar-refractivity contribution < 1.29 is 9.59 Å². The van der Waals surface area contributed by atoms with E-state index in [0.29, 0.717) is 21.9 Å². The minimum atomic E-state index is -0.251. The minimum Gasteiger partial charge on any atom is -0.372 e. The lowest BCUT2D eigenvalue weighted by Crippen LogP contribution is -2.31. The molecule has 0 saturated carbocycles. The molecule has 1 aromatic heterocycles. The fourth-order valence-electron chi connectivity index (χ4n) is 3.65. The van der Waals surface area contributed by atoms with Crippen molar-refractivity contribution in [1.29, 1.82) is 0 Å². The summed E-state index contributed by atoms with van der Waals surface area (Å²) in [5.74, 6) is 0.141. The quantitative estimate of drug-likeness (QED) is 0.408. The Kier molecular flexibility index (Phi) is 6.59. The van der Waals surface area contributed by atoms with E-state index in [1.807, 2.05) is 72.1 Å². The number of imide groups is 1. The van der Waals surface area contributed by atoms with Crippen molar-refractivity contribution in [1.82, 2.24) is 0 Å². The number of amides is 2. The van der Waals surface area contributed by atoms with Crippen molar-refractivity contribution >= 4 is 51.9 Å². The molecule has 1 aliphatic heterocycles. The highest BCUT2D eigenvalue weighted by atomic mass is 32.2. The molecule has 6 heteroatoms. The highest BCUT2D eigenvalue weighted by Crippen LogP contribution is 2.41. The van der Waals surface area contributed by atoms with Gasteiger partial charge in [0.25, 0.3) is 11.8 Å². The Labute approximate surface area is 191 Å². The van der Waals surface area contributed by atoms with Crippen LogP contribution in [0.2, 0.25) is 0 Å². The second kappa shape index (κ2) is 9.54. The highest BCUT2D eigenvalue weighted by molar-refractivity contribution is 8.03. The van der Waals surface area contributed by atoms with Crippen molar-refractivity contribution in [2.75, 3.05) is 22.9 Å². The first kappa shape index (κ1) is 21.4. The molecule has 0 aliphatic carbocycles. The zero-order chi connectivity index (χ0) is 21.8. The molecule has 0 atom stereocenters. The van der Waals surface area contributed by atoms with Crippen LogP contribution in [0.1, 0.15) is 24.3 Å². The Bertz CT molecular complexity index is 1090. The average Bonchev–Trinajstić information content (AvgIpc) is 3.41. The zero-order valence-corrected chi connectivity index (χ0v) is 19.2. The molecule has 0 bridgehead atoms. The third kappa shape index (κ3) is 4.31. The standard InChI is InChI=1S/C25H24N2O2S2/c1-3-26(4-2)19-12-14-20(15-13-19)27-24(28)22(21-11-8-16-30-21)23(25(27)29)31-17-18-9-6-5-7-10-18/h5-16H,3-4,17H2,1-2H3.